The summed E-state index contributed by atoms with van der Waals surface area (Å²) >= 11 is 0. The largest absolute Gasteiger partial charge is 0.465 e. The molecule has 1 saturated heterocycles. The van der Waals surface area contributed by atoms with Crippen molar-refractivity contribution < 1.29 is 14.3 Å². The number of imidazole rings is 2. The third-order valence-corrected chi connectivity index (χ3v) is 5.14. The highest BCUT2D eigenvalue weighted by molar-refractivity contribution is 5.82. The van der Waals surface area contributed by atoms with Crippen LogP contribution in [-0.4, -0.2) is 58.7 Å². The summed E-state index contributed by atoms with van der Waals surface area (Å²) in [5.41, 5.74) is 2.51. The Morgan fingerprint density at radius 1 is 1.34 bits per heavy atom. The number of nitrogens with one attached hydrogen (secondary N) is 2. The molecule has 5 rings (SSSR count). The van der Waals surface area contributed by atoms with Crippen LogP contribution in [0.4, 0.5) is 15.0 Å². The van der Waals surface area contributed by atoms with Crippen LogP contribution in [0.5, 0.6) is 0 Å². The summed E-state index contributed by atoms with van der Waals surface area (Å²) in [6.07, 6.45) is 2.00. The van der Waals surface area contributed by atoms with E-state index < -0.39 is 6.09 Å². The number of H-pyrrole nitrogens is 1. The number of aromatic nitrogens is 6. The van der Waals surface area contributed by atoms with Gasteiger partial charge in [0.15, 0.2) is 11.5 Å². The van der Waals surface area contributed by atoms with E-state index in [2.05, 4.69) is 30.2 Å². The first kappa shape index (κ1) is 17.3. The Morgan fingerprint density at radius 2 is 2.17 bits per heavy atom. The molecule has 10 nitrogen and oxygen atoms in total. The number of fused-ring (bicyclic) bond motifs is 2. The van der Waals surface area contributed by atoms with Crippen molar-refractivity contribution in [2.24, 2.45) is 0 Å². The number of likely N-dealkylation sites (tertiary alicyclic amines) is 1. The molecular formula is C18H17FN8O2. The Kier molecular flexibility index (Phi) is 3.83. The number of hydrogen-bond acceptors (Lipinski definition) is 6. The molecule has 148 valence electrons. The van der Waals surface area contributed by atoms with E-state index in [0.29, 0.717) is 46.9 Å². The zero-order valence-corrected chi connectivity index (χ0v) is 15.4. The fourth-order valence-electron chi connectivity index (χ4n) is 3.69. The Balaban J connectivity index is 1.54. The van der Waals surface area contributed by atoms with Crippen molar-refractivity contribution in [2.75, 3.05) is 18.4 Å². The first-order valence-electron chi connectivity index (χ1n) is 9.07. The van der Waals surface area contributed by atoms with Gasteiger partial charge in [0.05, 0.1) is 29.4 Å². The Morgan fingerprint density at radius 3 is 2.97 bits per heavy atom. The molecule has 1 amide bonds. The van der Waals surface area contributed by atoms with Gasteiger partial charge in [-0.15, -0.1) is 0 Å². The maximum Gasteiger partial charge on any atom is 0.407 e. The van der Waals surface area contributed by atoms with Crippen LogP contribution >= 0.6 is 0 Å². The summed E-state index contributed by atoms with van der Waals surface area (Å²) in [5.74, 6) is 0.882. The smallest absolute Gasteiger partial charge is 0.407 e. The number of aromatic amines is 1. The minimum absolute atomic E-state index is 0.116. The van der Waals surface area contributed by atoms with E-state index in [1.165, 1.54) is 23.4 Å². The normalized spacial score (nSPS) is 15.6. The van der Waals surface area contributed by atoms with Crippen molar-refractivity contribution in [1.82, 2.24) is 34.4 Å². The van der Waals surface area contributed by atoms with Crippen molar-refractivity contribution in [3.05, 3.63) is 42.5 Å². The molecule has 1 aromatic carbocycles. The van der Waals surface area contributed by atoms with Crippen LogP contribution in [0.1, 0.15) is 24.8 Å². The molecule has 11 heteroatoms. The number of carbonyl (C=O) groups is 1. The van der Waals surface area contributed by atoms with E-state index in [1.807, 2.05) is 11.5 Å². The van der Waals surface area contributed by atoms with Crippen LogP contribution in [0.2, 0.25) is 0 Å². The summed E-state index contributed by atoms with van der Waals surface area (Å²) in [6, 6.07) is 4.02. The Hall–Kier alpha value is -3.76. The molecule has 1 atom stereocenters. The summed E-state index contributed by atoms with van der Waals surface area (Å²) in [4.78, 5) is 32.7. The summed E-state index contributed by atoms with van der Waals surface area (Å²) in [5, 5.41) is 12.5. The second-order valence-corrected chi connectivity index (χ2v) is 7.00. The minimum Gasteiger partial charge on any atom is -0.465 e. The topological polar surface area (TPSA) is 125 Å². The fraction of sp³-hybridized carbons (Fsp3) is 0.278. The Labute approximate surface area is 163 Å². The Bertz CT molecular complexity index is 1230. The number of nitrogens with zero attached hydrogens (tertiary/aromatic N) is 6. The third-order valence-electron chi connectivity index (χ3n) is 5.14. The van der Waals surface area contributed by atoms with E-state index in [-0.39, 0.29) is 17.9 Å². The lowest BCUT2D eigenvalue weighted by atomic mass is 10.1. The molecule has 0 unspecified atom stereocenters. The van der Waals surface area contributed by atoms with Crippen LogP contribution < -0.4 is 5.32 Å². The van der Waals surface area contributed by atoms with E-state index in [0.717, 1.165) is 0 Å². The lowest BCUT2D eigenvalue weighted by Crippen LogP contribution is -2.50. The number of benzene rings is 1. The molecule has 0 spiro atoms. The molecule has 4 heterocycles. The van der Waals surface area contributed by atoms with Gasteiger partial charge < -0.3 is 24.9 Å². The van der Waals surface area contributed by atoms with Gasteiger partial charge in [0.2, 0.25) is 0 Å². The molecule has 0 bridgehead atoms. The SMILES string of the molecule is C[C@H](Nc1ncnc2nc[nH]c12)c1nc2ccc(F)cc2n1C1CN(C(=O)O)C1. The zero-order chi connectivity index (χ0) is 20.1. The molecule has 0 aliphatic carbocycles. The first-order valence-corrected chi connectivity index (χ1v) is 9.07. The van der Waals surface area contributed by atoms with Crippen molar-refractivity contribution in [3.63, 3.8) is 0 Å². The highest BCUT2D eigenvalue weighted by Crippen LogP contribution is 2.32. The average molecular weight is 396 g/mol. The van der Waals surface area contributed by atoms with E-state index in [4.69, 9.17) is 5.11 Å². The predicted molar refractivity (Wildman–Crippen MR) is 102 cm³/mol. The fourth-order valence-corrected chi connectivity index (χ4v) is 3.69. The van der Waals surface area contributed by atoms with Crippen LogP contribution in [0.15, 0.2) is 30.9 Å². The molecule has 1 fully saturated rings. The second kappa shape index (κ2) is 6.40. The predicted octanol–water partition coefficient (Wildman–Crippen LogP) is 2.55. The van der Waals surface area contributed by atoms with Crippen LogP contribution in [-0.2, 0) is 0 Å². The lowest BCUT2D eigenvalue weighted by Gasteiger charge is -2.39. The highest BCUT2D eigenvalue weighted by Gasteiger charge is 2.35. The average Bonchev–Trinajstić information content (AvgIpc) is 3.26. The number of hydrogen-bond donors (Lipinski definition) is 3. The van der Waals surface area contributed by atoms with Crippen molar-refractivity contribution in [3.8, 4) is 0 Å². The molecule has 4 aromatic rings. The minimum atomic E-state index is -0.966. The van der Waals surface area contributed by atoms with Gasteiger partial charge in [0.25, 0.3) is 0 Å². The van der Waals surface area contributed by atoms with Gasteiger partial charge in [-0.1, -0.05) is 0 Å². The van der Waals surface area contributed by atoms with Gasteiger partial charge >= 0.3 is 6.09 Å². The maximum absolute atomic E-state index is 13.9. The number of amides is 1. The molecule has 1 aliphatic rings. The summed E-state index contributed by atoms with van der Waals surface area (Å²) in [7, 11) is 0. The number of halogens is 1. The molecule has 0 saturated carbocycles. The zero-order valence-electron chi connectivity index (χ0n) is 15.4. The van der Waals surface area contributed by atoms with Gasteiger partial charge in [0, 0.05) is 13.1 Å². The molecule has 3 N–H and O–H groups in total. The quantitative estimate of drug-likeness (QED) is 0.484. The molecule has 3 aromatic heterocycles. The van der Waals surface area contributed by atoms with Gasteiger partial charge in [-0.05, 0) is 25.1 Å². The third kappa shape index (κ3) is 2.82. The van der Waals surface area contributed by atoms with E-state index >= 15 is 0 Å². The monoisotopic (exact) mass is 396 g/mol. The lowest BCUT2D eigenvalue weighted by molar-refractivity contribution is 0.0857. The molecule has 29 heavy (non-hydrogen) atoms. The van der Waals surface area contributed by atoms with Crippen molar-refractivity contribution in [2.45, 2.75) is 19.0 Å². The summed E-state index contributed by atoms with van der Waals surface area (Å²) in [6.45, 7) is 2.58. The van der Waals surface area contributed by atoms with Gasteiger partial charge in [-0.3, -0.25) is 0 Å². The van der Waals surface area contributed by atoms with Crippen molar-refractivity contribution >= 4 is 34.1 Å². The van der Waals surface area contributed by atoms with Crippen LogP contribution in [0.25, 0.3) is 22.2 Å². The van der Waals surface area contributed by atoms with Crippen LogP contribution in [0, 0.1) is 5.82 Å². The highest BCUT2D eigenvalue weighted by atomic mass is 19.1. The van der Waals surface area contributed by atoms with Gasteiger partial charge in [0.1, 0.15) is 23.5 Å². The number of anilines is 1. The van der Waals surface area contributed by atoms with E-state index in [1.54, 1.807) is 12.4 Å². The second-order valence-electron chi connectivity index (χ2n) is 7.00. The van der Waals surface area contributed by atoms with Crippen LogP contribution in [0.3, 0.4) is 0 Å². The number of carboxylic acid groups (broad SMARTS) is 1. The standard InChI is InChI=1S/C18H17FN8O2/c1-9(24-16-14-15(21-7-20-14)22-8-23-16)17-25-12-3-2-10(19)4-13(12)27(17)11-5-26(6-11)18(28)29/h2-4,7-9,11H,5-6H2,1H3,(H,28,29)(H2,20,21,22,23,24)/t9-/m0/s1. The maximum atomic E-state index is 13.9. The van der Waals surface area contributed by atoms with Gasteiger partial charge in [-0.2, -0.15) is 0 Å². The van der Waals surface area contributed by atoms with Crippen molar-refractivity contribution in [1.29, 1.82) is 0 Å². The molecular weight excluding hydrogens is 379 g/mol. The number of rotatable bonds is 4. The summed E-state index contributed by atoms with van der Waals surface area (Å²) < 4.78 is 15.8. The molecule has 1 aliphatic heterocycles. The van der Waals surface area contributed by atoms with E-state index in [9.17, 15) is 9.18 Å². The molecule has 0 radical (unpaired) electrons. The van der Waals surface area contributed by atoms with Gasteiger partial charge in [-0.25, -0.2) is 29.1 Å². The first-order chi connectivity index (χ1) is 14.0.